The molecule has 4 rings (SSSR count). The average molecular weight is 377 g/mol. The highest BCUT2D eigenvalue weighted by Crippen LogP contribution is 2.24. The van der Waals surface area contributed by atoms with Gasteiger partial charge in [0.15, 0.2) is 9.81 Å². The third kappa shape index (κ3) is 2.85. The number of hydrogen-bond donors (Lipinski definition) is 0. The summed E-state index contributed by atoms with van der Waals surface area (Å²) in [5.74, 6) is 2.33. The van der Waals surface area contributed by atoms with E-state index in [2.05, 4.69) is 35.0 Å². The summed E-state index contributed by atoms with van der Waals surface area (Å²) in [5, 5.41) is 0.392. The Bertz CT molecular complexity index is 1230. The van der Waals surface area contributed by atoms with E-state index in [0.717, 1.165) is 31.6 Å². The van der Waals surface area contributed by atoms with Crippen LogP contribution in [-0.2, 0) is 6.54 Å². The van der Waals surface area contributed by atoms with E-state index < -0.39 is 0 Å². The first-order chi connectivity index (χ1) is 12.6. The van der Waals surface area contributed by atoms with Crippen molar-refractivity contribution in [3.8, 4) is 12.3 Å². The van der Waals surface area contributed by atoms with Crippen LogP contribution in [0.3, 0.4) is 0 Å². The number of terminal acetylenes is 1. The molecule has 1 amide bonds. The number of aromatic nitrogens is 2. The van der Waals surface area contributed by atoms with Crippen molar-refractivity contribution >= 4 is 49.0 Å². The van der Waals surface area contributed by atoms with Gasteiger partial charge in [-0.05, 0) is 43.2 Å². The molecule has 0 aliphatic heterocycles. The largest absolute Gasteiger partial charge is 0.308 e. The highest BCUT2D eigenvalue weighted by molar-refractivity contribution is 7.20. The fourth-order valence-corrected chi connectivity index (χ4v) is 4.87. The van der Waals surface area contributed by atoms with Crippen molar-refractivity contribution < 1.29 is 4.79 Å². The van der Waals surface area contributed by atoms with E-state index in [9.17, 15) is 4.79 Å². The normalized spacial score (nSPS) is 12.0. The second kappa shape index (κ2) is 6.52. The Kier molecular flexibility index (Phi) is 4.19. The molecular weight excluding hydrogens is 362 g/mol. The molecule has 0 saturated heterocycles. The molecule has 128 valence electrons. The molecule has 2 aromatic carbocycles. The van der Waals surface area contributed by atoms with Gasteiger partial charge in [0.1, 0.15) is 0 Å². The van der Waals surface area contributed by atoms with Crippen molar-refractivity contribution in [2.24, 2.45) is 4.99 Å². The van der Waals surface area contributed by atoms with Gasteiger partial charge in [0.2, 0.25) is 0 Å². The van der Waals surface area contributed by atoms with Crippen LogP contribution in [-0.4, -0.2) is 15.5 Å². The Morgan fingerprint density at radius 3 is 2.85 bits per heavy atom. The number of aryl methyl sites for hydroxylation is 2. The summed E-state index contributed by atoms with van der Waals surface area (Å²) < 4.78 is 4.00. The molecule has 2 heterocycles. The van der Waals surface area contributed by atoms with E-state index in [0.29, 0.717) is 16.4 Å². The summed E-state index contributed by atoms with van der Waals surface area (Å²) in [6.07, 6.45) is 5.55. The number of amides is 1. The molecule has 0 saturated carbocycles. The summed E-state index contributed by atoms with van der Waals surface area (Å²) in [6.45, 7) is 4.48. The summed E-state index contributed by atoms with van der Waals surface area (Å²) in [4.78, 5) is 22.0. The van der Waals surface area contributed by atoms with Gasteiger partial charge in [-0.25, -0.2) is 4.98 Å². The zero-order valence-electron chi connectivity index (χ0n) is 14.3. The molecule has 0 atom stereocenters. The number of carbonyl (C=O) groups excluding carboxylic acids is 1. The molecule has 0 spiro atoms. The number of rotatable bonds is 2. The van der Waals surface area contributed by atoms with Crippen LogP contribution < -0.4 is 4.80 Å². The Hall–Kier alpha value is -2.75. The van der Waals surface area contributed by atoms with Crippen molar-refractivity contribution in [1.29, 1.82) is 0 Å². The third-order valence-electron chi connectivity index (χ3n) is 4.04. The van der Waals surface area contributed by atoms with Gasteiger partial charge in [-0.15, -0.1) is 17.8 Å². The second-order valence-electron chi connectivity index (χ2n) is 6.01. The van der Waals surface area contributed by atoms with E-state index in [4.69, 9.17) is 6.42 Å². The number of thiazole rings is 2. The summed E-state index contributed by atoms with van der Waals surface area (Å²) in [7, 11) is 0. The fraction of sp³-hybridized carbons (Fsp3) is 0.150. The Balaban J connectivity index is 1.89. The number of nitrogens with zero attached hydrogens (tertiary/aromatic N) is 3. The lowest BCUT2D eigenvalue weighted by molar-refractivity contribution is 0.0997. The van der Waals surface area contributed by atoms with Crippen molar-refractivity contribution in [2.45, 2.75) is 20.4 Å². The van der Waals surface area contributed by atoms with E-state index in [1.807, 2.05) is 35.8 Å². The molecule has 0 radical (unpaired) electrons. The molecule has 0 N–H and O–H groups in total. The molecule has 6 heteroatoms. The van der Waals surface area contributed by atoms with Gasteiger partial charge in [-0.1, -0.05) is 35.5 Å². The molecule has 0 unspecified atom stereocenters. The van der Waals surface area contributed by atoms with Gasteiger partial charge in [0.05, 0.1) is 27.0 Å². The number of para-hydroxylation sites is 1. The van der Waals surface area contributed by atoms with Crippen molar-refractivity contribution in [2.75, 3.05) is 0 Å². The predicted molar refractivity (Wildman–Crippen MR) is 108 cm³/mol. The molecule has 26 heavy (non-hydrogen) atoms. The summed E-state index contributed by atoms with van der Waals surface area (Å²) >= 11 is 2.84. The van der Waals surface area contributed by atoms with E-state index in [1.54, 1.807) is 0 Å². The zero-order valence-corrected chi connectivity index (χ0v) is 15.9. The standard InChI is InChI=1S/C20H15N3OS2/c1-4-9-23-15-11-12(2)10-13(3)17(15)26-20(23)22-18(24)19-21-14-7-5-6-8-16(14)25-19/h1,5-8,10-11H,9H2,2-3H3. The van der Waals surface area contributed by atoms with Crippen molar-refractivity contribution in [3.05, 3.63) is 57.3 Å². The fourth-order valence-electron chi connectivity index (χ4n) is 2.94. The summed E-state index contributed by atoms with van der Waals surface area (Å²) in [6, 6.07) is 11.9. The lowest BCUT2D eigenvalue weighted by atomic mass is 10.1. The SMILES string of the molecule is C#CCn1c(=NC(=O)c2nc3ccccc3s2)sc2c(C)cc(C)cc21. The Labute approximate surface area is 158 Å². The quantitative estimate of drug-likeness (QED) is 0.489. The van der Waals surface area contributed by atoms with Gasteiger partial charge in [-0.3, -0.25) is 4.79 Å². The lowest BCUT2D eigenvalue weighted by Gasteiger charge is -2.02. The molecule has 0 bridgehead atoms. The molecule has 0 fully saturated rings. The Morgan fingerprint density at radius 2 is 2.08 bits per heavy atom. The highest BCUT2D eigenvalue weighted by Gasteiger charge is 2.14. The van der Waals surface area contributed by atoms with Crippen LogP contribution >= 0.6 is 22.7 Å². The summed E-state index contributed by atoms with van der Waals surface area (Å²) in [5.41, 5.74) is 4.14. The van der Waals surface area contributed by atoms with Gasteiger partial charge in [0.25, 0.3) is 0 Å². The third-order valence-corrected chi connectivity index (χ3v) is 6.29. The Morgan fingerprint density at radius 1 is 1.27 bits per heavy atom. The van der Waals surface area contributed by atoms with Crippen molar-refractivity contribution in [3.63, 3.8) is 0 Å². The first kappa shape index (κ1) is 16.7. The van der Waals surface area contributed by atoms with Gasteiger partial charge < -0.3 is 4.57 Å². The smallest absolute Gasteiger partial charge is 0.305 e. The van der Waals surface area contributed by atoms with E-state index in [-0.39, 0.29) is 5.91 Å². The molecule has 4 aromatic rings. The minimum absolute atomic E-state index is 0.335. The highest BCUT2D eigenvalue weighted by atomic mass is 32.1. The first-order valence-corrected chi connectivity index (χ1v) is 9.69. The molecule has 2 aromatic heterocycles. The van der Waals surface area contributed by atoms with Crippen LogP contribution in [0.2, 0.25) is 0 Å². The maximum Gasteiger partial charge on any atom is 0.308 e. The van der Waals surface area contributed by atoms with Crippen LogP contribution in [0, 0.1) is 26.2 Å². The minimum Gasteiger partial charge on any atom is -0.305 e. The number of fused-ring (bicyclic) bond motifs is 2. The van der Waals surface area contributed by atoms with Gasteiger partial charge >= 0.3 is 5.91 Å². The monoisotopic (exact) mass is 377 g/mol. The molecule has 4 nitrogen and oxygen atoms in total. The number of benzene rings is 2. The second-order valence-corrected chi connectivity index (χ2v) is 8.02. The van der Waals surface area contributed by atoms with Gasteiger partial charge in [-0.2, -0.15) is 4.99 Å². The molecule has 0 aliphatic rings. The van der Waals surface area contributed by atoms with Crippen LogP contribution in [0.4, 0.5) is 0 Å². The molecule has 0 aliphatic carbocycles. The van der Waals surface area contributed by atoms with E-state index in [1.165, 1.54) is 22.7 Å². The lowest BCUT2D eigenvalue weighted by Crippen LogP contribution is -2.16. The minimum atomic E-state index is -0.335. The van der Waals surface area contributed by atoms with Crippen LogP contribution in [0.5, 0.6) is 0 Å². The zero-order chi connectivity index (χ0) is 18.3. The van der Waals surface area contributed by atoms with E-state index >= 15 is 0 Å². The first-order valence-electron chi connectivity index (χ1n) is 8.05. The topological polar surface area (TPSA) is 47.2 Å². The number of carbonyl (C=O) groups is 1. The van der Waals surface area contributed by atoms with Crippen LogP contribution in [0.25, 0.3) is 20.4 Å². The maximum atomic E-state index is 12.7. The van der Waals surface area contributed by atoms with Crippen LogP contribution in [0.15, 0.2) is 41.4 Å². The van der Waals surface area contributed by atoms with Crippen LogP contribution in [0.1, 0.15) is 20.9 Å². The average Bonchev–Trinajstić information content (AvgIpc) is 3.18. The number of hydrogen-bond acceptors (Lipinski definition) is 4. The predicted octanol–water partition coefficient (Wildman–Crippen LogP) is 4.30. The van der Waals surface area contributed by atoms with Crippen molar-refractivity contribution in [1.82, 2.24) is 9.55 Å². The molecular formula is C20H15N3OS2. The van der Waals surface area contributed by atoms with Gasteiger partial charge in [0, 0.05) is 0 Å². The maximum absolute atomic E-state index is 12.7.